The van der Waals surface area contributed by atoms with Crippen molar-refractivity contribution in [1.29, 1.82) is 0 Å². The Morgan fingerprint density at radius 2 is 1.81 bits per heavy atom. The van der Waals surface area contributed by atoms with Crippen molar-refractivity contribution in [2.75, 3.05) is 19.7 Å². The van der Waals surface area contributed by atoms with Gasteiger partial charge in [0.25, 0.3) is 5.91 Å². The van der Waals surface area contributed by atoms with Gasteiger partial charge in [0, 0.05) is 35.6 Å². The number of halogens is 1. The van der Waals surface area contributed by atoms with Crippen molar-refractivity contribution in [3.8, 4) is 5.75 Å². The highest BCUT2D eigenvalue weighted by molar-refractivity contribution is 9.10. The van der Waals surface area contributed by atoms with Crippen LogP contribution in [0.15, 0.2) is 53.0 Å². The van der Waals surface area contributed by atoms with E-state index in [9.17, 15) is 14.4 Å². The van der Waals surface area contributed by atoms with Gasteiger partial charge in [0.05, 0.1) is 6.61 Å². The van der Waals surface area contributed by atoms with E-state index in [-0.39, 0.29) is 24.5 Å². The number of likely N-dealkylation sites (tertiary alicyclic amines) is 1. The van der Waals surface area contributed by atoms with Crippen LogP contribution in [0.1, 0.15) is 42.1 Å². The summed E-state index contributed by atoms with van der Waals surface area (Å²) in [5.41, 5.74) is 1.64. The maximum absolute atomic E-state index is 12.8. The van der Waals surface area contributed by atoms with Gasteiger partial charge < -0.3 is 19.7 Å². The number of nitrogens with zero attached hydrogens (tertiary/aromatic N) is 1. The third-order valence-electron chi connectivity index (χ3n) is 5.24. The van der Waals surface area contributed by atoms with E-state index in [0.29, 0.717) is 37.2 Å². The highest BCUT2D eigenvalue weighted by Crippen LogP contribution is 2.18. The van der Waals surface area contributed by atoms with Crippen molar-refractivity contribution < 1.29 is 23.9 Å². The molecule has 8 heteroatoms. The molecule has 2 amide bonds. The van der Waals surface area contributed by atoms with Crippen LogP contribution in [0.3, 0.4) is 0 Å². The summed E-state index contributed by atoms with van der Waals surface area (Å²) < 4.78 is 10.7. The lowest BCUT2D eigenvalue weighted by atomic mass is 10.0. The normalized spacial score (nSPS) is 14.0. The number of nitrogens with one attached hydrogen (secondary N) is 1. The van der Waals surface area contributed by atoms with Crippen molar-refractivity contribution in [1.82, 2.24) is 10.2 Å². The molecule has 1 aliphatic heterocycles. The van der Waals surface area contributed by atoms with E-state index in [1.165, 1.54) is 0 Å². The first-order valence-corrected chi connectivity index (χ1v) is 11.5. The Hall–Kier alpha value is -2.87. The molecule has 0 radical (unpaired) electrons. The third kappa shape index (κ3) is 7.09. The number of piperidine rings is 1. The lowest BCUT2D eigenvalue weighted by Gasteiger charge is -2.32. The lowest BCUT2D eigenvalue weighted by molar-refractivity contribution is -0.122. The number of carbonyl (C=O) groups is 3. The Labute approximate surface area is 196 Å². The van der Waals surface area contributed by atoms with Gasteiger partial charge in [-0.1, -0.05) is 28.1 Å². The van der Waals surface area contributed by atoms with Gasteiger partial charge in [-0.2, -0.15) is 0 Å². The van der Waals surface area contributed by atoms with Crippen LogP contribution >= 0.6 is 15.9 Å². The Kier molecular flexibility index (Phi) is 8.67. The number of benzene rings is 2. The first-order valence-electron chi connectivity index (χ1n) is 10.7. The minimum Gasteiger partial charge on any atom is -0.434 e. The van der Waals surface area contributed by atoms with Crippen molar-refractivity contribution >= 4 is 33.9 Å². The summed E-state index contributed by atoms with van der Waals surface area (Å²) in [6, 6.07) is 14.4. The minimum absolute atomic E-state index is 0.0342. The number of hydrogen-bond donors (Lipinski definition) is 1. The highest BCUT2D eigenvalue weighted by Gasteiger charge is 2.24. The maximum Gasteiger partial charge on any atom is 0.513 e. The molecule has 1 N–H and O–H groups in total. The van der Waals surface area contributed by atoms with E-state index in [2.05, 4.69) is 21.2 Å². The van der Waals surface area contributed by atoms with Crippen molar-refractivity contribution in [2.45, 2.75) is 38.6 Å². The van der Waals surface area contributed by atoms with E-state index in [4.69, 9.17) is 9.47 Å². The number of aryl methyl sites for hydroxylation is 1. The second-order valence-electron chi connectivity index (χ2n) is 7.57. The smallest absolute Gasteiger partial charge is 0.434 e. The van der Waals surface area contributed by atoms with Crippen LogP contribution in [0.4, 0.5) is 4.79 Å². The molecule has 3 rings (SSSR count). The molecule has 1 saturated heterocycles. The third-order valence-corrected chi connectivity index (χ3v) is 5.73. The largest absolute Gasteiger partial charge is 0.513 e. The van der Waals surface area contributed by atoms with Gasteiger partial charge in [-0.25, -0.2) is 4.79 Å². The molecule has 2 aromatic rings. The van der Waals surface area contributed by atoms with Crippen LogP contribution in [0.5, 0.6) is 5.75 Å². The maximum atomic E-state index is 12.8. The van der Waals surface area contributed by atoms with Crippen molar-refractivity contribution in [3.05, 3.63) is 64.1 Å². The second kappa shape index (κ2) is 11.7. The van der Waals surface area contributed by atoms with Gasteiger partial charge in [-0.05, 0) is 68.1 Å². The van der Waals surface area contributed by atoms with E-state index in [1.54, 1.807) is 36.1 Å². The van der Waals surface area contributed by atoms with Crippen LogP contribution < -0.4 is 10.1 Å². The van der Waals surface area contributed by atoms with E-state index < -0.39 is 6.16 Å². The predicted octanol–water partition coefficient (Wildman–Crippen LogP) is 4.34. The number of amides is 2. The molecule has 1 heterocycles. The van der Waals surface area contributed by atoms with Crippen LogP contribution in [0.2, 0.25) is 0 Å². The van der Waals surface area contributed by atoms with E-state index >= 15 is 0 Å². The first kappa shape index (κ1) is 23.8. The van der Waals surface area contributed by atoms with Crippen LogP contribution in [0, 0.1) is 0 Å². The number of rotatable bonds is 7. The average Bonchev–Trinajstić information content (AvgIpc) is 2.78. The highest BCUT2D eigenvalue weighted by atomic mass is 79.9. The SMILES string of the molecule is CCOC(=O)Oc1ccc(C(=O)N2CCC(NC(=O)CCc3cccc(Br)c3)CC2)cc1. The Morgan fingerprint density at radius 3 is 2.47 bits per heavy atom. The van der Waals surface area contributed by atoms with Crippen LogP contribution in [-0.4, -0.2) is 48.6 Å². The van der Waals surface area contributed by atoms with Crippen LogP contribution in [-0.2, 0) is 16.0 Å². The molecule has 32 heavy (non-hydrogen) atoms. The Morgan fingerprint density at radius 1 is 1.09 bits per heavy atom. The van der Waals surface area contributed by atoms with Crippen LogP contribution in [0.25, 0.3) is 0 Å². The topological polar surface area (TPSA) is 84.9 Å². The summed E-state index contributed by atoms with van der Waals surface area (Å²) in [6.45, 7) is 3.09. The summed E-state index contributed by atoms with van der Waals surface area (Å²) >= 11 is 3.44. The predicted molar refractivity (Wildman–Crippen MR) is 124 cm³/mol. The molecular weight excluding hydrogens is 476 g/mol. The zero-order valence-corrected chi connectivity index (χ0v) is 19.6. The van der Waals surface area contributed by atoms with Gasteiger partial charge in [0.1, 0.15) is 5.75 Å². The van der Waals surface area contributed by atoms with Gasteiger partial charge in [0.15, 0.2) is 0 Å². The van der Waals surface area contributed by atoms with Gasteiger partial charge in [-0.15, -0.1) is 0 Å². The quantitative estimate of drug-likeness (QED) is 0.449. The summed E-state index contributed by atoms with van der Waals surface area (Å²) in [5.74, 6) is 0.281. The molecule has 0 unspecified atom stereocenters. The Balaban J connectivity index is 1.42. The standard InChI is InChI=1S/C24H27BrN2O5/c1-2-31-24(30)32-21-9-7-18(8-10-21)23(29)27-14-12-20(13-15-27)26-22(28)11-6-17-4-3-5-19(25)16-17/h3-5,7-10,16,20H,2,6,11-15H2,1H3,(H,26,28). The zero-order valence-electron chi connectivity index (χ0n) is 18.0. The molecule has 0 spiro atoms. The van der Waals surface area contributed by atoms with Gasteiger partial charge in [-0.3, -0.25) is 9.59 Å². The second-order valence-corrected chi connectivity index (χ2v) is 8.49. The lowest BCUT2D eigenvalue weighted by Crippen LogP contribution is -2.46. The number of ether oxygens (including phenoxy) is 2. The van der Waals surface area contributed by atoms with Crippen molar-refractivity contribution in [2.24, 2.45) is 0 Å². The molecule has 0 saturated carbocycles. The molecule has 0 atom stereocenters. The molecular formula is C24H27BrN2O5. The summed E-state index contributed by atoms with van der Waals surface area (Å²) in [4.78, 5) is 38.2. The van der Waals surface area contributed by atoms with Gasteiger partial charge in [0.2, 0.25) is 5.91 Å². The Bertz CT molecular complexity index is 940. The van der Waals surface area contributed by atoms with Gasteiger partial charge >= 0.3 is 6.16 Å². The molecule has 0 aromatic heterocycles. The fourth-order valence-corrected chi connectivity index (χ4v) is 4.02. The fraction of sp³-hybridized carbons (Fsp3) is 0.375. The molecule has 0 aliphatic carbocycles. The van der Waals surface area contributed by atoms with Crippen molar-refractivity contribution in [3.63, 3.8) is 0 Å². The average molecular weight is 503 g/mol. The number of carbonyl (C=O) groups excluding carboxylic acids is 3. The monoisotopic (exact) mass is 502 g/mol. The molecule has 7 nitrogen and oxygen atoms in total. The zero-order chi connectivity index (χ0) is 22.9. The minimum atomic E-state index is -0.771. The first-order chi connectivity index (χ1) is 15.4. The molecule has 170 valence electrons. The molecule has 2 aromatic carbocycles. The summed E-state index contributed by atoms with van der Waals surface area (Å²) in [6.07, 6.45) is 1.80. The number of hydrogen-bond acceptors (Lipinski definition) is 5. The fourth-order valence-electron chi connectivity index (χ4n) is 3.57. The summed E-state index contributed by atoms with van der Waals surface area (Å²) in [5, 5.41) is 3.09. The molecule has 0 bridgehead atoms. The van der Waals surface area contributed by atoms with E-state index in [1.807, 2.05) is 24.3 Å². The molecule has 1 fully saturated rings. The summed E-state index contributed by atoms with van der Waals surface area (Å²) in [7, 11) is 0. The van der Waals surface area contributed by atoms with E-state index in [0.717, 1.165) is 22.9 Å². The molecule has 1 aliphatic rings.